The smallest absolute Gasteiger partial charge is 0.314 e. The molecule has 19 heavy (non-hydrogen) atoms. The summed E-state index contributed by atoms with van der Waals surface area (Å²) in [5.74, 6) is 0.894. The van der Waals surface area contributed by atoms with Crippen LogP contribution in [0.2, 0.25) is 0 Å². The molecule has 102 valence electrons. The molecule has 0 bridgehead atoms. The molecule has 2 aliphatic rings. The van der Waals surface area contributed by atoms with Crippen LogP contribution in [0.4, 0.5) is 0 Å². The number of hydrogen-bond donors (Lipinski definition) is 1. The Kier molecular flexibility index (Phi) is 2.27. The van der Waals surface area contributed by atoms with Crippen LogP contribution in [0, 0.1) is 5.41 Å². The molecule has 1 saturated carbocycles. The number of fused-ring (bicyclic) bond motifs is 1. The highest BCUT2D eigenvalue weighted by Crippen LogP contribution is 2.66. The Morgan fingerprint density at radius 2 is 1.89 bits per heavy atom. The SMILES string of the molecule is COc1cc2c(cc1C1(C(=O)O)CC1(C)C)OCO2. The molecule has 0 radical (unpaired) electrons. The van der Waals surface area contributed by atoms with Crippen LogP contribution in [-0.2, 0) is 10.2 Å². The fraction of sp³-hybridized carbons (Fsp3) is 0.500. The molecule has 1 heterocycles. The van der Waals surface area contributed by atoms with E-state index < -0.39 is 11.4 Å². The monoisotopic (exact) mass is 264 g/mol. The molecule has 1 N–H and O–H groups in total. The third kappa shape index (κ3) is 1.44. The van der Waals surface area contributed by atoms with Crippen molar-refractivity contribution in [3.05, 3.63) is 17.7 Å². The van der Waals surface area contributed by atoms with Crippen molar-refractivity contribution in [3.63, 3.8) is 0 Å². The van der Waals surface area contributed by atoms with Crippen LogP contribution in [0.25, 0.3) is 0 Å². The van der Waals surface area contributed by atoms with Crippen LogP contribution in [-0.4, -0.2) is 25.0 Å². The average Bonchev–Trinajstić information content (AvgIpc) is 2.72. The van der Waals surface area contributed by atoms with Crippen molar-refractivity contribution < 1.29 is 24.1 Å². The number of methoxy groups -OCH3 is 1. The summed E-state index contributed by atoms with van der Waals surface area (Å²) in [5, 5.41) is 9.63. The lowest BCUT2D eigenvalue weighted by molar-refractivity contribution is -0.141. The van der Waals surface area contributed by atoms with E-state index in [1.54, 1.807) is 12.1 Å². The van der Waals surface area contributed by atoms with Gasteiger partial charge in [0.25, 0.3) is 0 Å². The molecule has 5 heteroatoms. The third-order valence-corrected chi connectivity index (χ3v) is 4.26. The van der Waals surface area contributed by atoms with Gasteiger partial charge >= 0.3 is 5.97 Å². The summed E-state index contributed by atoms with van der Waals surface area (Å²) in [6.07, 6.45) is 0.589. The molecule has 5 nitrogen and oxygen atoms in total. The first kappa shape index (κ1) is 12.1. The lowest BCUT2D eigenvalue weighted by atomic mass is 9.87. The van der Waals surface area contributed by atoms with Gasteiger partial charge in [0.05, 0.1) is 7.11 Å². The number of carboxylic acid groups (broad SMARTS) is 1. The second-order valence-electron chi connectivity index (χ2n) is 5.68. The van der Waals surface area contributed by atoms with E-state index in [0.29, 0.717) is 29.2 Å². The summed E-state index contributed by atoms with van der Waals surface area (Å²) in [7, 11) is 1.53. The van der Waals surface area contributed by atoms with Crippen LogP contribution in [0.3, 0.4) is 0 Å². The van der Waals surface area contributed by atoms with Crippen LogP contribution < -0.4 is 14.2 Å². The molecular formula is C14H16O5. The number of rotatable bonds is 3. The number of benzene rings is 1. The number of hydrogen-bond acceptors (Lipinski definition) is 4. The predicted molar refractivity (Wildman–Crippen MR) is 66.8 cm³/mol. The van der Waals surface area contributed by atoms with E-state index in [-0.39, 0.29) is 12.2 Å². The van der Waals surface area contributed by atoms with E-state index >= 15 is 0 Å². The Morgan fingerprint density at radius 1 is 1.32 bits per heavy atom. The summed E-state index contributed by atoms with van der Waals surface area (Å²) < 4.78 is 16.0. The molecule has 0 saturated heterocycles. The minimum atomic E-state index is -0.903. The van der Waals surface area contributed by atoms with Crippen molar-refractivity contribution >= 4 is 5.97 Å². The lowest BCUT2D eigenvalue weighted by Crippen LogP contribution is -2.26. The van der Waals surface area contributed by atoms with Gasteiger partial charge in [-0.1, -0.05) is 13.8 Å². The minimum absolute atomic E-state index is 0.158. The second kappa shape index (κ2) is 3.56. The van der Waals surface area contributed by atoms with Crippen molar-refractivity contribution in [2.24, 2.45) is 5.41 Å². The number of aliphatic carboxylic acids is 1. The van der Waals surface area contributed by atoms with E-state index in [2.05, 4.69) is 0 Å². The van der Waals surface area contributed by atoms with Gasteiger partial charge in [-0.25, -0.2) is 0 Å². The Balaban J connectivity index is 2.17. The highest BCUT2D eigenvalue weighted by atomic mass is 16.7. The normalized spacial score (nSPS) is 26.1. The van der Waals surface area contributed by atoms with Gasteiger partial charge in [-0.05, 0) is 17.9 Å². The van der Waals surface area contributed by atoms with Gasteiger partial charge in [-0.15, -0.1) is 0 Å². The zero-order chi connectivity index (χ0) is 13.8. The largest absolute Gasteiger partial charge is 0.496 e. The van der Waals surface area contributed by atoms with Crippen LogP contribution in [0.1, 0.15) is 25.8 Å². The first-order chi connectivity index (χ1) is 8.92. The predicted octanol–water partition coefficient (Wildman–Crippen LogP) is 2.18. The van der Waals surface area contributed by atoms with Gasteiger partial charge in [0.2, 0.25) is 6.79 Å². The molecule has 0 spiro atoms. The molecule has 0 aromatic heterocycles. The summed E-state index contributed by atoms with van der Waals surface area (Å²) in [6.45, 7) is 4.06. The second-order valence-corrected chi connectivity index (χ2v) is 5.68. The zero-order valence-corrected chi connectivity index (χ0v) is 11.1. The Labute approximate surface area is 111 Å². The Morgan fingerprint density at radius 3 is 2.37 bits per heavy atom. The topological polar surface area (TPSA) is 65.0 Å². The fourth-order valence-electron chi connectivity index (χ4n) is 2.98. The molecule has 1 fully saturated rings. The molecule has 1 aromatic rings. The van der Waals surface area contributed by atoms with E-state index in [0.717, 1.165) is 0 Å². The first-order valence-corrected chi connectivity index (χ1v) is 6.14. The van der Waals surface area contributed by atoms with E-state index in [1.165, 1.54) is 7.11 Å². The Bertz CT molecular complexity index is 563. The van der Waals surface area contributed by atoms with E-state index in [1.807, 2.05) is 13.8 Å². The molecular weight excluding hydrogens is 248 g/mol. The van der Waals surface area contributed by atoms with Crippen molar-refractivity contribution in [1.29, 1.82) is 0 Å². The van der Waals surface area contributed by atoms with Gasteiger partial charge in [-0.3, -0.25) is 4.79 Å². The summed E-state index contributed by atoms with van der Waals surface area (Å²) in [5.41, 5.74) is -0.532. The summed E-state index contributed by atoms with van der Waals surface area (Å²) >= 11 is 0. The number of carbonyl (C=O) groups is 1. The van der Waals surface area contributed by atoms with Crippen molar-refractivity contribution in [2.75, 3.05) is 13.9 Å². The standard InChI is InChI=1S/C14H16O5/c1-13(2)6-14(13,12(15)16)8-4-10-11(19-7-18-10)5-9(8)17-3/h4-5H,6-7H2,1-3H3,(H,15,16). The fourth-order valence-corrected chi connectivity index (χ4v) is 2.98. The molecule has 1 aliphatic heterocycles. The van der Waals surface area contributed by atoms with Crippen LogP contribution >= 0.6 is 0 Å². The van der Waals surface area contributed by atoms with Crippen LogP contribution in [0.5, 0.6) is 17.2 Å². The van der Waals surface area contributed by atoms with Gasteiger partial charge in [0.15, 0.2) is 11.5 Å². The van der Waals surface area contributed by atoms with Crippen molar-refractivity contribution in [3.8, 4) is 17.2 Å². The number of ether oxygens (including phenoxy) is 3. The lowest BCUT2D eigenvalue weighted by Gasteiger charge is -2.19. The maximum atomic E-state index is 11.7. The Hall–Kier alpha value is -1.91. The molecule has 1 unspecified atom stereocenters. The van der Waals surface area contributed by atoms with Crippen molar-refractivity contribution in [2.45, 2.75) is 25.7 Å². The third-order valence-electron chi connectivity index (χ3n) is 4.26. The quantitative estimate of drug-likeness (QED) is 0.906. The van der Waals surface area contributed by atoms with Gasteiger partial charge in [0, 0.05) is 11.6 Å². The first-order valence-electron chi connectivity index (χ1n) is 6.14. The molecule has 0 amide bonds. The molecule has 1 aromatic carbocycles. The van der Waals surface area contributed by atoms with Crippen LogP contribution in [0.15, 0.2) is 12.1 Å². The van der Waals surface area contributed by atoms with E-state index in [9.17, 15) is 9.90 Å². The highest BCUT2D eigenvalue weighted by molar-refractivity contribution is 5.88. The summed E-state index contributed by atoms with van der Waals surface area (Å²) in [6, 6.07) is 3.45. The molecule has 1 aliphatic carbocycles. The van der Waals surface area contributed by atoms with Gasteiger partial charge < -0.3 is 19.3 Å². The average molecular weight is 264 g/mol. The van der Waals surface area contributed by atoms with Crippen molar-refractivity contribution in [1.82, 2.24) is 0 Å². The maximum absolute atomic E-state index is 11.7. The minimum Gasteiger partial charge on any atom is -0.496 e. The van der Waals surface area contributed by atoms with Gasteiger partial charge in [0.1, 0.15) is 11.2 Å². The highest BCUT2D eigenvalue weighted by Gasteiger charge is 2.69. The van der Waals surface area contributed by atoms with E-state index in [4.69, 9.17) is 14.2 Å². The maximum Gasteiger partial charge on any atom is 0.314 e. The molecule has 3 rings (SSSR count). The number of carboxylic acids is 1. The van der Waals surface area contributed by atoms with Gasteiger partial charge in [-0.2, -0.15) is 0 Å². The molecule has 1 atom stereocenters. The summed E-state index contributed by atoms with van der Waals surface area (Å²) in [4.78, 5) is 11.7. The zero-order valence-electron chi connectivity index (χ0n) is 11.1.